The normalized spacial score (nSPS) is 12.2. The Morgan fingerprint density at radius 1 is 1.10 bits per heavy atom. The molecular weight excluding hydrogens is 378 g/mol. The van der Waals surface area contributed by atoms with Crippen LogP contribution >= 0.6 is 0 Å². The Bertz CT molecular complexity index is 1210. The number of hydrogen-bond donors (Lipinski definition) is 1. The Kier molecular flexibility index (Phi) is 5.27. The Morgan fingerprint density at radius 2 is 1.87 bits per heavy atom. The van der Waals surface area contributed by atoms with Gasteiger partial charge in [0.05, 0.1) is 6.54 Å². The lowest BCUT2D eigenvalue weighted by Gasteiger charge is -2.21. The van der Waals surface area contributed by atoms with Gasteiger partial charge in [0.25, 0.3) is 0 Å². The van der Waals surface area contributed by atoms with Crippen LogP contribution in [0.1, 0.15) is 19.9 Å². The SMILES string of the molecule is CCn1c2ccccc2c2cc(NC(=O)CN(C)C(=O)C(C)n3cccn3)ccc21. The number of rotatable bonds is 6. The minimum atomic E-state index is -0.464. The molecule has 4 rings (SSSR count). The van der Waals surface area contributed by atoms with Gasteiger partial charge in [-0.2, -0.15) is 5.10 Å². The summed E-state index contributed by atoms with van der Waals surface area (Å²) >= 11 is 0. The van der Waals surface area contributed by atoms with E-state index in [1.54, 1.807) is 37.1 Å². The van der Waals surface area contributed by atoms with Crippen LogP contribution in [0.4, 0.5) is 5.69 Å². The van der Waals surface area contributed by atoms with Gasteiger partial charge in [0, 0.05) is 53.5 Å². The first kappa shape index (κ1) is 19.7. The number of amides is 2. The third-order valence-corrected chi connectivity index (χ3v) is 5.41. The second-order valence-electron chi connectivity index (χ2n) is 7.40. The molecule has 2 heterocycles. The predicted octanol–water partition coefficient (Wildman–Crippen LogP) is 3.67. The smallest absolute Gasteiger partial charge is 0.247 e. The molecule has 2 amide bonds. The lowest BCUT2D eigenvalue weighted by atomic mass is 10.1. The van der Waals surface area contributed by atoms with E-state index in [2.05, 4.69) is 34.0 Å². The van der Waals surface area contributed by atoms with Crippen molar-refractivity contribution in [3.63, 3.8) is 0 Å². The zero-order valence-electron chi connectivity index (χ0n) is 17.4. The maximum Gasteiger partial charge on any atom is 0.247 e. The van der Waals surface area contributed by atoms with Crippen molar-refractivity contribution >= 4 is 39.3 Å². The van der Waals surface area contributed by atoms with Crippen LogP contribution in [-0.4, -0.2) is 44.7 Å². The summed E-state index contributed by atoms with van der Waals surface area (Å²) in [7, 11) is 1.62. The number of anilines is 1. The van der Waals surface area contributed by atoms with Crippen molar-refractivity contribution in [3.8, 4) is 0 Å². The molecule has 154 valence electrons. The first-order valence-electron chi connectivity index (χ1n) is 10.0. The van der Waals surface area contributed by atoms with Crippen LogP contribution in [0.3, 0.4) is 0 Å². The molecule has 0 spiro atoms. The second kappa shape index (κ2) is 8.02. The van der Waals surface area contributed by atoms with Crippen LogP contribution in [0.2, 0.25) is 0 Å². The molecule has 1 atom stereocenters. The zero-order valence-corrected chi connectivity index (χ0v) is 17.4. The quantitative estimate of drug-likeness (QED) is 0.534. The number of hydrogen-bond acceptors (Lipinski definition) is 3. The van der Waals surface area contributed by atoms with Gasteiger partial charge >= 0.3 is 0 Å². The van der Waals surface area contributed by atoms with Crippen LogP contribution in [0.5, 0.6) is 0 Å². The Morgan fingerprint density at radius 3 is 2.60 bits per heavy atom. The second-order valence-corrected chi connectivity index (χ2v) is 7.40. The molecule has 1 unspecified atom stereocenters. The fraction of sp³-hybridized carbons (Fsp3) is 0.261. The summed E-state index contributed by atoms with van der Waals surface area (Å²) in [5.41, 5.74) is 3.03. The van der Waals surface area contributed by atoms with Gasteiger partial charge in [0.15, 0.2) is 0 Å². The molecule has 0 saturated carbocycles. The van der Waals surface area contributed by atoms with E-state index in [-0.39, 0.29) is 18.4 Å². The van der Waals surface area contributed by atoms with E-state index in [0.29, 0.717) is 5.69 Å². The molecule has 7 nitrogen and oxygen atoms in total. The van der Waals surface area contributed by atoms with Gasteiger partial charge in [-0.15, -0.1) is 0 Å². The highest BCUT2D eigenvalue weighted by Gasteiger charge is 2.21. The van der Waals surface area contributed by atoms with E-state index in [0.717, 1.165) is 22.8 Å². The van der Waals surface area contributed by atoms with E-state index in [1.165, 1.54) is 10.4 Å². The number of likely N-dealkylation sites (N-methyl/N-ethyl adjacent to an activating group) is 1. The van der Waals surface area contributed by atoms with Gasteiger partial charge in [0.2, 0.25) is 11.8 Å². The third-order valence-electron chi connectivity index (χ3n) is 5.41. The monoisotopic (exact) mass is 403 g/mol. The number of aryl methyl sites for hydroxylation is 1. The van der Waals surface area contributed by atoms with E-state index in [1.807, 2.05) is 30.3 Å². The lowest BCUT2D eigenvalue weighted by Crippen LogP contribution is -2.38. The number of para-hydroxylation sites is 1. The van der Waals surface area contributed by atoms with Crippen molar-refractivity contribution in [1.82, 2.24) is 19.2 Å². The molecule has 0 aliphatic carbocycles. The number of nitrogens with one attached hydrogen (secondary N) is 1. The number of benzene rings is 2. The van der Waals surface area contributed by atoms with Gasteiger partial charge in [0.1, 0.15) is 6.04 Å². The van der Waals surface area contributed by atoms with Crippen LogP contribution in [0.25, 0.3) is 21.8 Å². The molecule has 0 bridgehead atoms. The molecule has 2 aromatic heterocycles. The highest BCUT2D eigenvalue weighted by molar-refractivity contribution is 6.10. The molecule has 1 N–H and O–H groups in total. The van der Waals surface area contributed by atoms with Crippen LogP contribution in [-0.2, 0) is 16.1 Å². The van der Waals surface area contributed by atoms with Crippen LogP contribution in [0, 0.1) is 0 Å². The summed E-state index contributed by atoms with van der Waals surface area (Å²) < 4.78 is 3.84. The number of nitrogens with zero attached hydrogens (tertiary/aromatic N) is 4. The van der Waals surface area contributed by atoms with Crippen molar-refractivity contribution in [2.45, 2.75) is 26.4 Å². The zero-order chi connectivity index (χ0) is 21.3. The summed E-state index contributed by atoms with van der Waals surface area (Å²) in [5.74, 6) is -0.410. The van der Waals surface area contributed by atoms with Crippen molar-refractivity contribution in [2.75, 3.05) is 18.9 Å². The first-order valence-corrected chi connectivity index (χ1v) is 10.0. The summed E-state index contributed by atoms with van der Waals surface area (Å²) in [4.78, 5) is 26.6. The van der Waals surface area contributed by atoms with Gasteiger partial charge < -0.3 is 14.8 Å². The molecular formula is C23H25N5O2. The summed E-state index contributed by atoms with van der Waals surface area (Å²) in [6, 6.07) is 15.5. The van der Waals surface area contributed by atoms with E-state index < -0.39 is 6.04 Å². The van der Waals surface area contributed by atoms with E-state index in [9.17, 15) is 9.59 Å². The fourth-order valence-electron chi connectivity index (χ4n) is 3.91. The molecule has 0 saturated heterocycles. The molecule has 0 fully saturated rings. The number of aromatic nitrogens is 3. The first-order chi connectivity index (χ1) is 14.5. The average Bonchev–Trinajstić information content (AvgIpc) is 3.38. The molecule has 30 heavy (non-hydrogen) atoms. The van der Waals surface area contributed by atoms with E-state index in [4.69, 9.17) is 0 Å². The predicted molar refractivity (Wildman–Crippen MR) is 118 cm³/mol. The third kappa shape index (κ3) is 3.54. The average molecular weight is 403 g/mol. The molecule has 7 heteroatoms. The highest BCUT2D eigenvalue weighted by atomic mass is 16.2. The van der Waals surface area contributed by atoms with Crippen molar-refractivity contribution in [3.05, 3.63) is 60.9 Å². The van der Waals surface area contributed by atoms with Crippen molar-refractivity contribution in [2.24, 2.45) is 0 Å². The minimum absolute atomic E-state index is 0.0286. The van der Waals surface area contributed by atoms with Crippen LogP contribution in [0.15, 0.2) is 60.9 Å². The van der Waals surface area contributed by atoms with Gasteiger partial charge in [-0.1, -0.05) is 18.2 Å². The molecule has 0 aliphatic rings. The van der Waals surface area contributed by atoms with Crippen molar-refractivity contribution in [1.29, 1.82) is 0 Å². The van der Waals surface area contributed by atoms with Gasteiger partial charge in [-0.25, -0.2) is 0 Å². The van der Waals surface area contributed by atoms with Crippen molar-refractivity contribution < 1.29 is 9.59 Å². The van der Waals surface area contributed by atoms with Gasteiger partial charge in [-0.05, 0) is 44.2 Å². The summed E-state index contributed by atoms with van der Waals surface area (Å²) in [5, 5.41) is 9.27. The molecule has 0 aliphatic heterocycles. The highest BCUT2D eigenvalue weighted by Crippen LogP contribution is 2.30. The largest absolute Gasteiger partial charge is 0.341 e. The molecule has 2 aromatic carbocycles. The maximum absolute atomic E-state index is 12.6. The molecule has 0 radical (unpaired) electrons. The Labute approximate surface area is 174 Å². The number of carbonyl (C=O) groups excluding carboxylic acids is 2. The summed E-state index contributed by atoms with van der Waals surface area (Å²) in [6.45, 7) is 4.73. The number of fused-ring (bicyclic) bond motifs is 3. The van der Waals surface area contributed by atoms with Gasteiger partial charge in [-0.3, -0.25) is 14.3 Å². The fourth-order valence-corrected chi connectivity index (χ4v) is 3.91. The minimum Gasteiger partial charge on any atom is -0.341 e. The van der Waals surface area contributed by atoms with Crippen LogP contribution < -0.4 is 5.32 Å². The standard InChI is InChI=1S/C23H25N5O2/c1-4-27-20-9-6-5-8-18(20)19-14-17(10-11-21(19)27)25-22(29)15-26(3)23(30)16(2)28-13-7-12-24-28/h5-14,16H,4,15H2,1-3H3,(H,25,29). The summed E-state index contributed by atoms with van der Waals surface area (Å²) in [6.07, 6.45) is 3.36. The lowest BCUT2D eigenvalue weighted by molar-refractivity contribution is -0.136. The molecule has 4 aromatic rings. The maximum atomic E-state index is 12.6. The topological polar surface area (TPSA) is 72.2 Å². The Balaban J connectivity index is 1.50. The number of carbonyl (C=O) groups is 2. The Hall–Kier alpha value is -3.61. The van der Waals surface area contributed by atoms with E-state index >= 15 is 0 Å².